The molecule has 16 heavy (non-hydrogen) atoms. The van der Waals surface area contributed by atoms with Crippen LogP contribution in [0, 0.1) is 0 Å². The average molecular weight is 229 g/mol. The average Bonchev–Trinajstić information content (AvgIpc) is 2.16. The summed E-state index contributed by atoms with van der Waals surface area (Å²) in [7, 11) is 0. The van der Waals surface area contributed by atoms with Gasteiger partial charge in [0.25, 0.3) is 0 Å². The molecule has 1 amide bonds. The van der Waals surface area contributed by atoms with E-state index >= 15 is 0 Å². The second-order valence-corrected chi connectivity index (χ2v) is 4.48. The van der Waals surface area contributed by atoms with Crippen molar-refractivity contribution in [1.29, 1.82) is 0 Å². The van der Waals surface area contributed by atoms with Gasteiger partial charge in [-0.1, -0.05) is 39.0 Å². The third kappa shape index (κ3) is 5.73. The maximum Gasteiger partial charge on any atom is 0.329 e. The van der Waals surface area contributed by atoms with E-state index in [0.29, 0.717) is 6.42 Å². The molecule has 4 heteroatoms. The third-order valence-corrected chi connectivity index (χ3v) is 2.70. The number of hydrogen-bond donors (Lipinski definition) is 2. The molecule has 0 heterocycles. The number of carboxylic acid groups (broad SMARTS) is 1. The zero-order valence-corrected chi connectivity index (χ0v) is 10.5. The summed E-state index contributed by atoms with van der Waals surface area (Å²) in [6, 6.07) is 0. The highest BCUT2D eigenvalue weighted by atomic mass is 16.4. The summed E-state index contributed by atoms with van der Waals surface area (Å²) >= 11 is 0. The Labute approximate surface area is 97.4 Å². The van der Waals surface area contributed by atoms with Crippen LogP contribution in [-0.2, 0) is 9.59 Å². The number of hydrogen-bond acceptors (Lipinski definition) is 2. The summed E-state index contributed by atoms with van der Waals surface area (Å²) in [5.41, 5.74) is -1.11. The normalized spacial score (nSPS) is 14.2. The number of nitrogens with one attached hydrogen (secondary N) is 1. The van der Waals surface area contributed by atoms with E-state index in [1.165, 1.54) is 19.8 Å². The molecule has 1 unspecified atom stereocenters. The fourth-order valence-electron chi connectivity index (χ4n) is 1.69. The predicted molar refractivity (Wildman–Crippen MR) is 63.2 cm³/mol. The second-order valence-electron chi connectivity index (χ2n) is 4.48. The van der Waals surface area contributed by atoms with Crippen molar-refractivity contribution < 1.29 is 14.7 Å². The lowest BCUT2D eigenvalue weighted by molar-refractivity contribution is -0.147. The van der Waals surface area contributed by atoms with Gasteiger partial charge in [0.1, 0.15) is 5.54 Å². The van der Waals surface area contributed by atoms with Gasteiger partial charge in [-0.25, -0.2) is 4.79 Å². The molecule has 0 aliphatic carbocycles. The van der Waals surface area contributed by atoms with Gasteiger partial charge in [-0.2, -0.15) is 0 Å². The Morgan fingerprint density at radius 2 is 1.75 bits per heavy atom. The fraction of sp³-hybridized carbons (Fsp3) is 0.833. The SMILES string of the molecule is CCCCCCCC(C)(NC(C)=O)C(=O)O. The lowest BCUT2D eigenvalue weighted by Gasteiger charge is -2.25. The van der Waals surface area contributed by atoms with Crippen LogP contribution in [0.3, 0.4) is 0 Å². The van der Waals surface area contributed by atoms with E-state index in [0.717, 1.165) is 19.3 Å². The highest BCUT2D eigenvalue weighted by Gasteiger charge is 2.32. The molecule has 94 valence electrons. The van der Waals surface area contributed by atoms with Crippen molar-refractivity contribution in [2.24, 2.45) is 0 Å². The van der Waals surface area contributed by atoms with E-state index in [1.807, 2.05) is 0 Å². The van der Waals surface area contributed by atoms with Gasteiger partial charge < -0.3 is 10.4 Å². The molecule has 0 rings (SSSR count). The molecule has 1 atom stereocenters. The molecule has 0 aromatic rings. The molecular weight excluding hydrogens is 206 g/mol. The maximum atomic E-state index is 11.1. The maximum absolute atomic E-state index is 11.1. The summed E-state index contributed by atoms with van der Waals surface area (Å²) in [4.78, 5) is 22.0. The number of carboxylic acids is 1. The Morgan fingerprint density at radius 1 is 1.19 bits per heavy atom. The number of carbonyl (C=O) groups excluding carboxylic acids is 1. The monoisotopic (exact) mass is 229 g/mol. The van der Waals surface area contributed by atoms with Crippen LogP contribution in [0.25, 0.3) is 0 Å². The minimum absolute atomic E-state index is 0.293. The van der Waals surface area contributed by atoms with Crippen LogP contribution in [-0.4, -0.2) is 22.5 Å². The molecule has 0 aliphatic rings. The minimum atomic E-state index is -1.11. The number of amides is 1. The van der Waals surface area contributed by atoms with Crippen LogP contribution in [0.5, 0.6) is 0 Å². The molecule has 0 aliphatic heterocycles. The number of rotatable bonds is 8. The van der Waals surface area contributed by atoms with E-state index in [4.69, 9.17) is 5.11 Å². The minimum Gasteiger partial charge on any atom is -0.480 e. The third-order valence-electron chi connectivity index (χ3n) is 2.70. The quantitative estimate of drug-likeness (QED) is 0.628. The molecule has 0 saturated carbocycles. The van der Waals surface area contributed by atoms with Crippen molar-refractivity contribution in [3.8, 4) is 0 Å². The Kier molecular flexibility index (Phi) is 6.77. The second kappa shape index (κ2) is 7.25. The predicted octanol–water partition coefficient (Wildman–Crippen LogP) is 2.33. The zero-order valence-electron chi connectivity index (χ0n) is 10.5. The fourth-order valence-corrected chi connectivity index (χ4v) is 1.69. The van der Waals surface area contributed by atoms with E-state index in [9.17, 15) is 9.59 Å². The Bertz CT molecular complexity index is 240. The van der Waals surface area contributed by atoms with Crippen molar-refractivity contribution >= 4 is 11.9 Å². The molecule has 0 saturated heterocycles. The molecule has 0 bridgehead atoms. The first-order valence-corrected chi connectivity index (χ1v) is 5.94. The molecule has 0 aromatic carbocycles. The number of aliphatic carboxylic acids is 1. The van der Waals surface area contributed by atoms with Crippen molar-refractivity contribution in [3.05, 3.63) is 0 Å². The van der Waals surface area contributed by atoms with Crippen LogP contribution in [0.1, 0.15) is 59.3 Å². The van der Waals surface area contributed by atoms with Crippen LogP contribution < -0.4 is 5.32 Å². The highest BCUT2D eigenvalue weighted by Crippen LogP contribution is 2.16. The summed E-state index contributed by atoms with van der Waals surface area (Å²) in [6.07, 6.45) is 5.84. The van der Waals surface area contributed by atoms with Gasteiger partial charge in [0.15, 0.2) is 0 Å². The van der Waals surface area contributed by atoms with Crippen molar-refractivity contribution in [1.82, 2.24) is 5.32 Å². The van der Waals surface area contributed by atoms with E-state index in [2.05, 4.69) is 12.2 Å². The standard InChI is InChI=1S/C12H23NO3/c1-4-5-6-7-8-9-12(3,11(15)16)13-10(2)14/h4-9H2,1-3H3,(H,13,14)(H,15,16). The Hall–Kier alpha value is -1.06. The molecular formula is C12H23NO3. The van der Waals surface area contributed by atoms with Crippen molar-refractivity contribution in [2.75, 3.05) is 0 Å². The largest absolute Gasteiger partial charge is 0.480 e. The lowest BCUT2D eigenvalue weighted by atomic mass is 9.94. The van der Waals surface area contributed by atoms with Gasteiger partial charge in [0, 0.05) is 6.92 Å². The first-order valence-electron chi connectivity index (χ1n) is 5.94. The van der Waals surface area contributed by atoms with E-state index in [1.54, 1.807) is 6.92 Å². The smallest absolute Gasteiger partial charge is 0.329 e. The number of unbranched alkanes of at least 4 members (excludes halogenated alkanes) is 4. The molecule has 0 fully saturated rings. The van der Waals surface area contributed by atoms with Gasteiger partial charge in [0.05, 0.1) is 0 Å². The zero-order chi connectivity index (χ0) is 12.6. The van der Waals surface area contributed by atoms with Gasteiger partial charge in [0.2, 0.25) is 5.91 Å². The Morgan fingerprint density at radius 3 is 2.19 bits per heavy atom. The van der Waals surface area contributed by atoms with Gasteiger partial charge >= 0.3 is 5.97 Å². The van der Waals surface area contributed by atoms with Crippen LogP contribution >= 0.6 is 0 Å². The van der Waals surface area contributed by atoms with Crippen LogP contribution in [0.2, 0.25) is 0 Å². The van der Waals surface area contributed by atoms with Crippen LogP contribution in [0.15, 0.2) is 0 Å². The van der Waals surface area contributed by atoms with Gasteiger partial charge in [-0.05, 0) is 13.3 Å². The summed E-state index contributed by atoms with van der Waals surface area (Å²) in [6.45, 7) is 5.05. The highest BCUT2D eigenvalue weighted by molar-refractivity contribution is 5.85. The first kappa shape index (κ1) is 14.9. The van der Waals surface area contributed by atoms with E-state index in [-0.39, 0.29) is 5.91 Å². The summed E-state index contributed by atoms with van der Waals surface area (Å²) < 4.78 is 0. The van der Waals surface area contributed by atoms with Gasteiger partial charge in [-0.15, -0.1) is 0 Å². The van der Waals surface area contributed by atoms with Crippen molar-refractivity contribution in [2.45, 2.75) is 64.8 Å². The number of carbonyl (C=O) groups is 2. The van der Waals surface area contributed by atoms with Crippen LogP contribution in [0.4, 0.5) is 0 Å². The topological polar surface area (TPSA) is 66.4 Å². The molecule has 2 N–H and O–H groups in total. The summed E-state index contributed by atoms with van der Waals surface area (Å²) in [5, 5.41) is 11.6. The lowest BCUT2D eigenvalue weighted by Crippen LogP contribution is -2.51. The Balaban J connectivity index is 4.03. The first-order chi connectivity index (χ1) is 7.42. The summed E-state index contributed by atoms with van der Waals surface area (Å²) in [5.74, 6) is -1.25. The van der Waals surface area contributed by atoms with E-state index < -0.39 is 11.5 Å². The van der Waals surface area contributed by atoms with Gasteiger partial charge in [-0.3, -0.25) is 4.79 Å². The molecule has 0 radical (unpaired) electrons. The molecule has 4 nitrogen and oxygen atoms in total. The molecule has 0 aromatic heterocycles. The molecule has 0 spiro atoms. The van der Waals surface area contributed by atoms with Crippen molar-refractivity contribution in [3.63, 3.8) is 0 Å².